The van der Waals surface area contributed by atoms with Gasteiger partial charge in [0, 0.05) is 12.8 Å². The summed E-state index contributed by atoms with van der Waals surface area (Å²) < 4.78 is 8.19. The molecule has 0 aromatic carbocycles. The highest BCUT2D eigenvalue weighted by Crippen LogP contribution is 2.39. The Hall–Kier alpha value is -0.900. The molecule has 2 aliphatic rings. The fraction of sp³-hybridized carbons (Fsp3) is 0.833. The number of hydrogen-bond acceptors (Lipinski definition) is 3. The Kier molecular flexibility index (Phi) is 2.46. The number of nitrogens with zero attached hydrogens (tertiary/aromatic N) is 3. The van der Waals surface area contributed by atoms with Gasteiger partial charge in [0.2, 0.25) is 0 Å². The van der Waals surface area contributed by atoms with Crippen LogP contribution in [0.2, 0.25) is 0 Å². The second-order valence-electron chi connectivity index (χ2n) is 4.96. The van der Waals surface area contributed by atoms with E-state index in [2.05, 4.69) is 21.7 Å². The van der Waals surface area contributed by atoms with Crippen molar-refractivity contribution < 1.29 is 4.74 Å². The number of fused-ring (bicyclic) bond motifs is 2. The van der Waals surface area contributed by atoms with Gasteiger partial charge in [0.15, 0.2) is 0 Å². The van der Waals surface area contributed by atoms with Crippen molar-refractivity contribution in [2.24, 2.45) is 0 Å². The van der Waals surface area contributed by atoms with Crippen molar-refractivity contribution in [1.82, 2.24) is 14.8 Å². The summed E-state index contributed by atoms with van der Waals surface area (Å²) in [4.78, 5) is 0. The lowest BCUT2D eigenvalue weighted by Gasteiger charge is -2.31. The van der Waals surface area contributed by atoms with Crippen molar-refractivity contribution in [3.8, 4) is 0 Å². The molecule has 88 valence electrons. The van der Waals surface area contributed by atoms with Gasteiger partial charge in [-0.25, -0.2) is 0 Å². The maximum atomic E-state index is 5.78. The molecule has 1 fully saturated rings. The lowest BCUT2D eigenvalue weighted by Crippen LogP contribution is -2.36. The molecular weight excluding hydrogens is 202 g/mol. The molecule has 1 aromatic rings. The van der Waals surface area contributed by atoms with Gasteiger partial charge >= 0.3 is 0 Å². The molecule has 1 aliphatic heterocycles. The van der Waals surface area contributed by atoms with Gasteiger partial charge in [0.25, 0.3) is 0 Å². The Bertz CT molecular complexity index is 380. The monoisotopic (exact) mass is 221 g/mol. The molecule has 0 radical (unpaired) electrons. The summed E-state index contributed by atoms with van der Waals surface area (Å²) in [5.74, 6) is 2.28. The first kappa shape index (κ1) is 10.3. The van der Waals surface area contributed by atoms with Crippen LogP contribution in [0.3, 0.4) is 0 Å². The second kappa shape index (κ2) is 3.84. The Labute approximate surface area is 96.0 Å². The van der Waals surface area contributed by atoms with E-state index in [1.807, 2.05) is 0 Å². The van der Waals surface area contributed by atoms with Crippen molar-refractivity contribution in [3.05, 3.63) is 11.6 Å². The van der Waals surface area contributed by atoms with Crippen LogP contribution in [0.1, 0.15) is 44.3 Å². The number of aromatic nitrogens is 3. The fourth-order valence-electron chi connectivity index (χ4n) is 3.18. The Balaban J connectivity index is 2.10. The van der Waals surface area contributed by atoms with Gasteiger partial charge in [0.05, 0.1) is 18.8 Å². The molecule has 0 bridgehead atoms. The minimum Gasteiger partial charge on any atom is -0.379 e. The van der Waals surface area contributed by atoms with Crippen LogP contribution in [-0.2, 0) is 23.1 Å². The van der Waals surface area contributed by atoms with E-state index in [0.717, 1.165) is 37.7 Å². The van der Waals surface area contributed by atoms with Gasteiger partial charge in [-0.3, -0.25) is 0 Å². The normalized spacial score (nSPS) is 23.3. The Morgan fingerprint density at radius 2 is 2.12 bits per heavy atom. The van der Waals surface area contributed by atoms with Crippen LogP contribution >= 0.6 is 0 Å². The topological polar surface area (TPSA) is 39.9 Å². The number of hydrogen-bond donors (Lipinski definition) is 0. The molecule has 1 aliphatic carbocycles. The highest BCUT2D eigenvalue weighted by atomic mass is 16.5. The van der Waals surface area contributed by atoms with Gasteiger partial charge in [-0.1, -0.05) is 19.8 Å². The number of aryl methyl sites for hydroxylation is 1. The smallest absolute Gasteiger partial charge is 0.135 e. The molecule has 0 amide bonds. The van der Waals surface area contributed by atoms with Crippen LogP contribution in [0.5, 0.6) is 0 Å². The van der Waals surface area contributed by atoms with Crippen molar-refractivity contribution in [3.63, 3.8) is 0 Å². The molecule has 1 aromatic heterocycles. The van der Waals surface area contributed by atoms with Crippen LogP contribution < -0.4 is 0 Å². The van der Waals surface area contributed by atoms with Crippen LogP contribution in [-0.4, -0.2) is 28.0 Å². The summed E-state index contributed by atoms with van der Waals surface area (Å²) in [6, 6.07) is 0. The van der Waals surface area contributed by atoms with E-state index in [1.165, 1.54) is 25.7 Å². The van der Waals surface area contributed by atoms with Crippen LogP contribution in [0.4, 0.5) is 0 Å². The molecular formula is C12H19N3O. The average molecular weight is 221 g/mol. The highest BCUT2D eigenvalue weighted by Gasteiger charge is 2.40. The average Bonchev–Trinajstić information content (AvgIpc) is 2.86. The van der Waals surface area contributed by atoms with Crippen LogP contribution in [0.15, 0.2) is 0 Å². The molecule has 4 heteroatoms. The van der Waals surface area contributed by atoms with Gasteiger partial charge in [-0.2, -0.15) is 0 Å². The quantitative estimate of drug-likeness (QED) is 0.724. The van der Waals surface area contributed by atoms with E-state index in [9.17, 15) is 0 Å². The van der Waals surface area contributed by atoms with Crippen molar-refractivity contribution in [2.75, 3.05) is 13.2 Å². The molecule has 2 heterocycles. The van der Waals surface area contributed by atoms with Crippen molar-refractivity contribution >= 4 is 0 Å². The number of rotatable bonds is 1. The molecule has 16 heavy (non-hydrogen) atoms. The summed E-state index contributed by atoms with van der Waals surface area (Å²) in [7, 11) is 0. The van der Waals surface area contributed by atoms with Crippen molar-refractivity contribution in [1.29, 1.82) is 0 Å². The van der Waals surface area contributed by atoms with E-state index in [-0.39, 0.29) is 5.54 Å². The Morgan fingerprint density at radius 3 is 2.88 bits per heavy atom. The number of ether oxygens (including phenoxy) is 1. The molecule has 0 saturated heterocycles. The van der Waals surface area contributed by atoms with E-state index < -0.39 is 0 Å². The standard InChI is InChI=1S/C12H19N3O/c1-2-10-13-14-11-5-8-16-9-12(15(10)11)6-3-4-7-12/h2-9H2,1H3. The van der Waals surface area contributed by atoms with E-state index >= 15 is 0 Å². The first-order valence-electron chi connectivity index (χ1n) is 6.37. The second-order valence-corrected chi connectivity index (χ2v) is 4.96. The third-order valence-electron chi connectivity index (χ3n) is 3.96. The van der Waals surface area contributed by atoms with Crippen LogP contribution in [0.25, 0.3) is 0 Å². The summed E-state index contributed by atoms with van der Waals surface area (Å²) in [6.45, 7) is 3.81. The zero-order valence-electron chi connectivity index (χ0n) is 9.91. The van der Waals surface area contributed by atoms with E-state index in [0.29, 0.717) is 0 Å². The molecule has 0 unspecified atom stereocenters. The predicted molar refractivity (Wildman–Crippen MR) is 60.4 cm³/mol. The zero-order chi connectivity index (χ0) is 11.0. The maximum Gasteiger partial charge on any atom is 0.135 e. The lowest BCUT2D eigenvalue weighted by atomic mass is 9.98. The zero-order valence-corrected chi connectivity index (χ0v) is 9.91. The minimum absolute atomic E-state index is 0.181. The van der Waals surface area contributed by atoms with Gasteiger partial charge in [0.1, 0.15) is 11.6 Å². The molecule has 4 nitrogen and oxygen atoms in total. The predicted octanol–water partition coefficient (Wildman–Crippen LogP) is 1.68. The molecule has 0 N–H and O–H groups in total. The minimum atomic E-state index is 0.181. The largest absolute Gasteiger partial charge is 0.379 e. The van der Waals surface area contributed by atoms with E-state index in [4.69, 9.17) is 4.74 Å². The maximum absolute atomic E-state index is 5.78. The van der Waals surface area contributed by atoms with E-state index in [1.54, 1.807) is 0 Å². The summed E-state index contributed by atoms with van der Waals surface area (Å²) in [6.07, 6.45) is 6.95. The first-order chi connectivity index (χ1) is 7.86. The van der Waals surface area contributed by atoms with Gasteiger partial charge in [-0.15, -0.1) is 10.2 Å². The fourth-order valence-corrected chi connectivity index (χ4v) is 3.18. The van der Waals surface area contributed by atoms with Crippen molar-refractivity contribution in [2.45, 2.75) is 51.0 Å². The van der Waals surface area contributed by atoms with Crippen LogP contribution in [0, 0.1) is 0 Å². The third-order valence-corrected chi connectivity index (χ3v) is 3.96. The summed E-state index contributed by atoms with van der Waals surface area (Å²) in [5.41, 5.74) is 0.181. The molecule has 1 spiro atoms. The SMILES string of the molecule is CCc1nnc2n1C1(CCCC1)COCC2. The summed E-state index contributed by atoms with van der Waals surface area (Å²) >= 11 is 0. The molecule has 3 rings (SSSR count). The van der Waals surface area contributed by atoms with Gasteiger partial charge in [-0.05, 0) is 12.8 Å². The molecule has 0 atom stereocenters. The summed E-state index contributed by atoms with van der Waals surface area (Å²) in [5, 5.41) is 8.67. The third kappa shape index (κ3) is 1.39. The first-order valence-corrected chi connectivity index (χ1v) is 6.37. The Morgan fingerprint density at radius 1 is 1.31 bits per heavy atom. The highest BCUT2D eigenvalue weighted by molar-refractivity contribution is 5.07. The van der Waals surface area contributed by atoms with Gasteiger partial charge < -0.3 is 9.30 Å². The molecule has 1 saturated carbocycles. The lowest BCUT2D eigenvalue weighted by molar-refractivity contribution is 0.0670.